The molecule has 0 spiro atoms. The van der Waals surface area contributed by atoms with Crippen LogP contribution in [0.2, 0.25) is 0 Å². The van der Waals surface area contributed by atoms with Gasteiger partial charge < -0.3 is 19.8 Å². The van der Waals surface area contributed by atoms with Crippen LogP contribution < -0.4 is 10.6 Å². The highest BCUT2D eigenvalue weighted by Gasteiger charge is 2.21. The molecule has 0 bridgehead atoms. The van der Waals surface area contributed by atoms with Gasteiger partial charge in [0.1, 0.15) is 6.26 Å². The molecule has 6 heteroatoms. The molecule has 6 nitrogen and oxygen atoms in total. The van der Waals surface area contributed by atoms with Crippen molar-refractivity contribution in [2.75, 3.05) is 18.5 Å². The molecule has 2 aromatic rings. The average molecular weight is 329 g/mol. The summed E-state index contributed by atoms with van der Waals surface area (Å²) in [6.07, 6.45) is 3.58. The largest absolute Gasteiger partial charge is 0.444 e. The predicted molar refractivity (Wildman–Crippen MR) is 91.8 cm³/mol. The van der Waals surface area contributed by atoms with Gasteiger partial charge in [-0.2, -0.15) is 0 Å². The third kappa shape index (κ3) is 4.14. The third-order valence-corrected chi connectivity index (χ3v) is 4.32. The van der Waals surface area contributed by atoms with Crippen molar-refractivity contribution in [3.63, 3.8) is 0 Å². The molecule has 0 aliphatic carbocycles. The van der Waals surface area contributed by atoms with Gasteiger partial charge in [0.15, 0.2) is 0 Å². The lowest BCUT2D eigenvalue weighted by atomic mass is 9.93. The van der Waals surface area contributed by atoms with E-state index in [2.05, 4.69) is 15.6 Å². The maximum Gasteiger partial charge on any atom is 0.319 e. The highest BCUT2D eigenvalue weighted by molar-refractivity contribution is 5.90. The molecule has 128 valence electrons. The Morgan fingerprint density at radius 1 is 1.33 bits per heavy atom. The number of carbonyl (C=O) groups is 1. The zero-order valence-corrected chi connectivity index (χ0v) is 14.0. The Morgan fingerprint density at radius 3 is 2.83 bits per heavy atom. The lowest BCUT2D eigenvalue weighted by Gasteiger charge is -2.28. The summed E-state index contributed by atoms with van der Waals surface area (Å²) in [6.45, 7) is 5.47. The first-order valence-electron chi connectivity index (χ1n) is 8.29. The summed E-state index contributed by atoms with van der Waals surface area (Å²) >= 11 is 0. The fraction of sp³-hybridized carbons (Fsp3) is 0.444. The first-order valence-corrected chi connectivity index (χ1v) is 8.29. The van der Waals surface area contributed by atoms with Crippen molar-refractivity contribution in [1.82, 2.24) is 10.3 Å². The van der Waals surface area contributed by atoms with Crippen LogP contribution in [0.5, 0.6) is 0 Å². The number of rotatable bonds is 4. The first-order chi connectivity index (χ1) is 11.6. The molecule has 1 aliphatic rings. The lowest BCUT2D eigenvalue weighted by Crippen LogP contribution is -2.42. The minimum absolute atomic E-state index is 0.117. The molecule has 1 fully saturated rings. The Balaban J connectivity index is 1.60. The number of nitrogens with zero attached hydrogens (tertiary/aromatic N) is 1. The molecule has 2 N–H and O–H groups in total. The number of hydrogen-bond acceptors (Lipinski definition) is 4. The van der Waals surface area contributed by atoms with Crippen LogP contribution in [0.15, 0.2) is 34.9 Å². The summed E-state index contributed by atoms with van der Waals surface area (Å²) < 4.78 is 10.8. The van der Waals surface area contributed by atoms with Crippen molar-refractivity contribution in [3.8, 4) is 11.5 Å². The van der Waals surface area contributed by atoms with Gasteiger partial charge in [-0.15, -0.1) is 0 Å². The van der Waals surface area contributed by atoms with Gasteiger partial charge in [0.2, 0.25) is 5.89 Å². The van der Waals surface area contributed by atoms with E-state index in [4.69, 9.17) is 9.15 Å². The number of anilines is 1. The van der Waals surface area contributed by atoms with Crippen LogP contribution in [0.1, 0.15) is 25.5 Å². The van der Waals surface area contributed by atoms with Gasteiger partial charge in [-0.1, -0.05) is 6.07 Å². The van der Waals surface area contributed by atoms with Crippen molar-refractivity contribution in [3.05, 3.63) is 36.2 Å². The number of hydrogen-bond donors (Lipinski definition) is 2. The molecule has 1 aliphatic heterocycles. The summed E-state index contributed by atoms with van der Waals surface area (Å²) in [6, 6.07) is 7.38. The number of carbonyl (C=O) groups excluding carboxylic acids is 1. The van der Waals surface area contributed by atoms with Crippen LogP contribution in [0.3, 0.4) is 0 Å². The van der Waals surface area contributed by atoms with E-state index in [1.165, 1.54) is 0 Å². The van der Waals surface area contributed by atoms with Crippen LogP contribution >= 0.6 is 0 Å². The fourth-order valence-electron chi connectivity index (χ4n) is 2.92. The standard InChI is InChI=1S/C18H23N3O3/c1-12-11-24-17(19-12)15-4-3-5-16(10-15)21-18(22)20-13(2)14-6-8-23-9-7-14/h3-5,10-11,13-14H,6-9H2,1-2H3,(H2,20,21,22)/t13-/m0/s1. The Morgan fingerprint density at radius 2 is 2.12 bits per heavy atom. The van der Waals surface area contributed by atoms with E-state index in [1.54, 1.807) is 6.26 Å². The second kappa shape index (κ2) is 7.49. The van der Waals surface area contributed by atoms with Crippen LogP contribution in [0.25, 0.3) is 11.5 Å². The highest BCUT2D eigenvalue weighted by atomic mass is 16.5. The van der Waals surface area contributed by atoms with Crippen molar-refractivity contribution in [1.29, 1.82) is 0 Å². The van der Waals surface area contributed by atoms with Gasteiger partial charge >= 0.3 is 6.03 Å². The van der Waals surface area contributed by atoms with E-state index in [1.807, 2.05) is 38.1 Å². The second-order valence-corrected chi connectivity index (χ2v) is 6.21. The van der Waals surface area contributed by atoms with Gasteiger partial charge in [0.05, 0.1) is 5.69 Å². The number of amides is 2. The summed E-state index contributed by atoms with van der Waals surface area (Å²) in [4.78, 5) is 16.5. The lowest BCUT2D eigenvalue weighted by molar-refractivity contribution is 0.0573. The van der Waals surface area contributed by atoms with Crippen molar-refractivity contribution >= 4 is 11.7 Å². The smallest absolute Gasteiger partial charge is 0.319 e. The van der Waals surface area contributed by atoms with Gasteiger partial charge in [-0.25, -0.2) is 9.78 Å². The molecule has 0 saturated carbocycles. The normalized spacial score (nSPS) is 16.6. The Bertz CT molecular complexity index is 692. The quantitative estimate of drug-likeness (QED) is 0.899. The van der Waals surface area contributed by atoms with E-state index >= 15 is 0 Å². The number of aromatic nitrogens is 1. The Labute approximate surface area is 141 Å². The molecular weight excluding hydrogens is 306 g/mol. The number of aryl methyl sites for hydroxylation is 1. The zero-order valence-electron chi connectivity index (χ0n) is 14.0. The summed E-state index contributed by atoms with van der Waals surface area (Å²) in [5.74, 6) is 1.01. The minimum atomic E-state index is -0.199. The monoisotopic (exact) mass is 329 g/mol. The number of benzene rings is 1. The molecule has 24 heavy (non-hydrogen) atoms. The van der Waals surface area contributed by atoms with Crippen molar-refractivity contribution in [2.24, 2.45) is 5.92 Å². The van der Waals surface area contributed by atoms with Gasteiger partial charge in [0, 0.05) is 30.5 Å². The third-order valence-electron chi connectivity index (χ3n) is 4.32. The van der Waals surface area contributed by atoms with E-state index in [0.29, 0.717) is 17.5 Å². The number of oxazole rings is 1. The maximum atomic E-state index is 12.2. The molecule has 1 aromatic heterocycles. The zero-order chi connectivity index (χ0) is 16.9. The number of urea groups is 1. The summed E-state index contributed by atoms with van der Waals surface area (Å²) in [5, 5.41) is 5.89. The van der Waals surface area contributed by atoms with E-state index in [0.717, 1.165) is 37.3 Å². The summed E-state index contributed by atoms with van der Waals surface area (Å²) in [7, 11) is 0. The van der Waals surface area contributed by atoms with Gasteiger partial charge in [-0.05, 0) is 50.8 Å². The first kappa shape index (κ1) is 16.5. The van der Waals surface area contributed by atoms with E-state index in [9.17, 15) is 4.79 Å². The fourth-order valence-corrected chi connectivity index (χ4v) is 2.92. The number of nitrogens with one attached hydrogen (secondary N) is 2. The van der Waals surface area contributed by atoms with Gasteiger partial charge in [0.25, 0.3) is 0 Å². The Hall–Kier alpha value is -2.34. The van der Waals surface area contributed by atoms with Crippen LogP contribution in [0.4, 0.5) is 10.5 Å². The molecule has 2 heterocycles. The predicted octanol–water partition coefficient (Wildman–Crippen LogP) is 3.59. The average Bonchev–Trinajstić information content (AvgIpc) is 3.02. The van der Waals surface area contributed by atoms with Crippen LogP contribution in [-0.2, 0) is 4.74 Å². The second-order valence-electron chi connectivity index (χ2n) is 6.21. The van der Waals surface area contributed by atoms with E-state index < -0.39 is 0 Å². The topological polar surface area (TPSA) is 76.4 Å². The van der Waals surface area contributed by atoms with Crippen molar-refractivity contribution in [2.45, 2.75) is 32.7 Å². The highest BCUT2D eigenvalue weighted by Crippen LogP contribution is 2.22. The molecule has 0 unspecified atom stereocenters. The maximum absolute atomic E-state index is 12.2. The minimum Gasteiger partial charge on any atom is -0.444 e. The molecule has 1 saturated heterocycles. The molecule has 1 aromatic carbocycles. The molecule has 2 amide bonds. The molecule has 0 radical (unpaired) electrons. The van der Waals surface area contributed by atoms with Crippen molar-refractivity contribution < 1.29 is 13.9 Å². The van der Waals surface area contributed by atoms with Crippen LogP contribution in [-0.4, -0.2) is 30.3 Å². The summed E-state index contributed by atoms with van der Waals surface area (Å²) in [5.41, 5.74) is 2.37. The molecular formula is C18H23N3O3. The Kier molecular flexibility index (Phi) is 5.15. The SMILES string of the molecule is Cc1coc(-c2cccc(NC(=O)N[C@@H](C)C3CCOCC3)c2)n1. The van der Waals surface area contributed by atoms with Crippen LogP contribution in [0, 0.1) is 12.8 Å². The molecule has 1 atom stereocenters. The molecule has 3 rings (SSSR count). The number of ether oxygens (including phenoxy) is 1. The van der Waals surface area contributed by atoms with E-state index in [-0.39, 0.29) is 12.1 Å². The van der Waals surface area contributed by atoms with Gasteiger partial charge in [-0.3, -0.25) is 0 Å².